The molecule has 2 aliphatic rings. The number of hydrogen-bond acceptors (Lipinski definition) is 4. The lowest BCUT2D eigenvalue weighted by Gasteiger charge is -2.35. The molecule has 0 N–H and O–H groups in total. The molecule has 0 aliphatic carbocycles. The highest BCUT2D eigenvalue weighted by Gasteiger charge is 2.27. The smallest absolute Gasteiger partial charge is 0.151 e. The summed E-state index contributed by atoms with van der Waals surface area (Å²) in [5, 5.41) is 0. The van der Waals surface area contributed by atoms with Crippen LogP contribution in [0, 0.1) is 0 Å². The summed E-state index contributed by atoms with van der Waals surface area (Å²) in [6.07, 6.45) is 5.14. The van der Waals surface area contributed by atoms with Gasteiger partial charge in [0.2, 0.25) is 0 Å². The third-order valence-electron chi connectivity index (χ3n) is 4.30. The zero-order valence-electron chi connectivity index (χ0n) is 11.5. The van der Waals surface area contributed by atoms with Crippen molar-refractivity contribution in [2.45, 2.75) is 38.6 Å². The van der Waals surface area contributed by atoms with Crippen LogP contribution in [0.15, 0.2) is 0 Å². The van der Waals surface area contributed by atoms with E-state index in [-0.39, 0.29) is 5.75 Å². The van der Waals surface area contributed by atoms with E-state index in [2.05, 4.69) is 9.80 Å². The molecule has 4 nitrogen and oxygen atoms in total. The minimum atomic E-state index is -2.82. The molecular formula is C13H26N2O2S. The monoisotopic (exact) mass is 274 g/mol. The van der Waals surface area contributed by atoms with Gasteiger partial charge in [0, 0.05) is 24.9 Å². The average molecular weight is 274 g/mol. The normalized spacial score (nSPS) is 27.7. The summed E-state index contributed by atoms with van der Waals surface area (Å²) in [4.78, 5) is 4.97. The summed E-state index contributed by atoms with van der Waals surface area (Å²) in [6, 6.07) is 0.672. The van der Waals surface area contributed by atoms with Gasteiger partial charge in [0.1, 0.15) is 0 Å². The Balaban J connectivity index is 1.86. The molecule has 1 unspecified atom stereocenters. The zero-order valence-corrected chi connectivity index (χ0v) is 12.3. The summed E-state index contributed by atoms with van der Waals surface area (Å²) < 4.78 is 23.1. The first-order chi connectivity index (χ1) is 8.61. The maximum Gasteiger partial charge on any atom is 0.151 e. The minimum absolute atomic E-state index is 0.274. The third kappa shape index (κ3) is 3.93. The molecule has 0 radical (unpaired) electrons. The van der Waals surface area contributed by atoms with Crippen molar-refractivity contribution < 1.29 is 8.42 Å². The van der Waals surface area contributed by atoms with Crippen LogP contribution >= 0.6 is 0 Å². The van der Waals surface area contributed by atoms with Gasteiger partial charge in [-0.3, -0.25) is 4.90 Å². The van der Waals surface area contributed by atoms with E-state index in [4.69, 9.17) is 0 Å². The van der Waals surface area contributed by atoms with Crippen LogP contribution < -0.4 is 0 Å². The molecule has 2 aliphatic heterocycles. The molecule has 0 aromatic carbocycles. The Morgan fingerprint density at radius 1 is 1.11 bits per heavy atom. The van der Waals surface area contributed by atoms with Crippen LogP contribution in [0.25, 0.3) is 0 Å². The maximum absolute atomic E-state index is 11.6. The van der Waals surface area contributed by atoms with Crippen molar-refractivity contribution in [1.82, 2.24) is 9.80 Å². The van der Waals surface area contributed by atoms with Crippen molar-refractivity contribution in [2.24, 2.45) is 0 Å². The Bertz CT molecular complexity index is 356. The van der Waals surface area contributed by atoms with Gasteiger partial charge in [-0.05, 0) is 38.9 Å². The van der Waals surface area contributed by atoms with E-state index in [0.29, 0.717) is 11.8 Å². The van der Waals surface area contributed by atoms with Crippen LogP contribution in [0.2, 0.25) is 0 Å². The number of piperidine rings is 1. The van der Waals surface area contributed by atoms with Crippen LogP contribution in [0.3, 0.4) is 0 Å². The summed E-state index contributed by atoms with van der Waals surface area (Å²) in [7, 11) is -2.82. The predicted octanol–water partition coefficient (Wildman–Crippen LogP) is 0.981. The second-order valence-corrected chi connectivity index (χ2v) is 8.05. The van der Waals surface area contributed by atoms with Gasteiger partial charge >= 0.3 is 0 Å². The van der Waals surface area contributed by atoms with Crippen molar-refractivity contribution in [2.75, 3.05) is 44.2 Å². The first-order valence-electron chi connectivity index (χ1n) is 7.27. The molecule has 0 aromatic rings. The largest absolute Gasteiger partial charge is 0.301 e. The van der Waals surface area contributed by atoms with Crippen LogP contribution in [-0.2, 0) is 9.84 Å². The van der Waals surface area contributed by atoms with E-state index < -0.39 is 9.84 Å². The molecule has 2 heterocycles. The highest BCUT2D eigenvalue weighted by Crippen LogP contribution is 2.20. The molecule has 0 saturated carbocycles. The van der Waals surface area contributed by atoms with E-state index >= 15 is 0 Å². The van der Waals surface area contributed by atoms with Gasteiger partial charge in [0.25, 0.3) is 0 Å². The van der Waals surface area contributed by atoms with Crippen LogP contribution in [0.5, 0.6) is 0 Å². The van der Waals surface area contributed by atoms with Gasteiger partial charge in [-0.2, -0.15) is 0 Å². The lowest BCUT2D eigenvalue weighted by Crippen LogP contribution is -2.44. The van der Waals surface area contributed by atoms with Crippen LogP contribution in [-0.4, -0.2) is 68.5 Å². The summed E-state index contributed by atoms with van der Waals surface area (Å²) in [5.74, 6) is 0.604. The standard InChI is InChI=1S/C13H26N2O2S/c1-2-18(16,17)11-10-14-7-5-9-15-8-4-3-6-13(15)12-14/h13H,2-12H2,1H3. The molecule has 0 aromatic heterocycles. The molecule has 106 valence electrons. The molecule has 0 spiro atoms. The SMILES string of the molecule is CCS(=O)(=O)CCN1CCCN2CCCCC2C1. The Morgan fingerprint density at radius 2 is 1.89 bits per heavy atom. The molecule has 1 atom stereocenters. The zero-order chi connectivity index (χ0) is 13.0. The number of sulfone groups is 1. The fourth-order valence-electron chi connectivity index (χ4n) is 3.06. The molecule has 18 heavy (non-hydrogen) atoms. The van der Waals surface area contributed by atoms with Gasteiger partial charge in [-0.1, -0.05) is 13.3 Å². The molecule has 2 saturated heterocycles. The highest BCUT2D eigenvalue weighted by molar-refractivity contribution is 7.91. The first-order valence-corrected chi connectivity index (χ1v) is 9.09. The Labute approximate surface area is 111 Å². The number of rotatable bonds is 4. The topological polar surface area (TPSA) is 40.6 Å². The number of hydrogen-bond donors (Lipinski definition) is 0. The number of fused-ring (bicyclic) bond motifs is 1. The second-order valence-electron chi connectivity index (χ2n) is 5.58. The van der Waals surface area contributed by atoms with Crippen LogP contribution in [0.4, 0.5) is 0 Å². The van der Waals surface area contributed by atoms with Gasteiger partial charge < -0.3 is 4.90 Å². The van der Waals surface area contributed by atoms with Crippen molar-refractivity contribution in [1.29, 1.82) is 0 Å². The average Bonchev–Trinajstić information content (AvgIpc) is 2.58. The van der Waals surface area contributed by atoms with Gasteiger partial charge in [-0.25, -0.2) is 8.42 Å². The quantitative estimate of drug-likeness (QED) is 0.766. The maximum atomic E-state index is 11.6. The van der Waals surface area contributed by atoms with E-state index in [1.54, 1.807) is 6.92 Å². The summed E-state index contributed by atoms with van der Waals surface area (Å²) >= 11 is 0. The van der Waals surface area contributed by atoms with E-state index in [9.17, 15) is 8.42 Å². The second kappa shape index (κ2) is 6.35. The fraction of sp³-hybridized carbons (Fsp3) is 1.00. The lowest BCUT2D eigenvalue weighted by atomic mass is 10.0. The summed E-state index contributed by atoms with van der Waals surface area (Å²) in [5.41, 5.74) is 0. The molecule has 0 bridgehead atoms. The van der Waals surface area contributed by atoms with Crippen molar-refractivity contribution in [3.63, 3.8) is 0 Å². The third-order valence-corrected chi connectivity index (χ3v) is 5.98. The summed E-state index contributed by atoms with van der Waals surface area (Å²) in [6.45, 7) is 7.03. The van der Waals surface area contributed by atoms with E-state index in [1.807, 2.05) is 0 Å². The lowest BCUT2D eigenvalue weighted by molar-refractivity contribution is 0.139. The van der Waals surface area contributed by atoms with Gasteiger partial charge in [0.15, 0.2) is 9.84 Å². The first kappa shape index (κ1) is 14.3. The van der Waals surface area contributed by atoms with Crippen molar-refractivity contribution >= 4 is 9.84 Å². The Kier molecular flexibility index (Phi) is 5.04. The van der Waals surface area contributed by atoms with E-state index in [0.717, 1.165) is 19.6 Å². The van der Waals surface area contributed by atoms with Crippen LogP contribution in [0.1, 0.15) is 32.6 Å². The van der Waals surface area contributed by atoms with Gasteiger partial charge in [-0.15, -0.1) is 0 Å². The molecule has 0 amide bonds. The fourth-order valence-corrected chi connectivity index (χ4v) is 3.89. The van der Waals surface area contributed by atoms with Gasteiger partial charge in [0.05, 0.1) is 5.75 Å². The molecule has 5 heteroatoms. The Hall–Kier alpha value is -0.130. The number of nitrogens with zero attached hydrogens (tertiary/aromatic N) is 2. The molecular weight excluding hydrogens is 248 g/mol. The van der Waals surface area contributed by atoms with E-state index in [1.165, 1.54) is 38.8 Å². The molecule has 2 fully saturated rings. The molecule has 2 rings (SSSR count). The predicted molar refractivity (Wildman–Crippen MR) is 74.6 cm³/mol. The Morgan fingerprint density at radius 3 is 2.67 bits per heavy atom. The minimum Gasteiger partial charge on any atom is -0.301 e. The highest BCUT2D eigenvalue weighted by atomic mass is 32.2. The van der Waals surface area contributed by atoms with Crippen molar-refractivity contribution in [3.8, 4) is 0 Å². The van der Waals surface area contributed by atoms with Crippen molar-refractivity contribution in [3.05, 3.63) is 0 Å².